The highest BCUT2D eigenvalue weighted by Gasteiger charge is 2.46. The molecule has 2 nitrogen and oxygen atoms in total. The van der Waals surface area contributed by atoms with Crippen molar-refractivity contribution >= 4 is 52.7 Å². The van der Waals surface area contributed by atoms with Gasteiger partial charge in [-0.05, 0) is 50.0 Å². The molecule has 0 unspecified atom stereocenters. The van der Waals surface area contributed by atoms with Gasteiger partial charge in [0.15, 0.2) is 8.07 Å². The summed E-state index contributed by atoms with van der Waals surface area (Å²) in [7, 11) is -2.80. The summed E-state index contributed by atoms with van der Waals surface area (Å²) in [6, 6.07) is 57.6. The molecule has 0 radical (unpaired) electrons. The number of anilines is 2. The topological polar surface area (TPSA) is 12.5 Å². The summed E-state index contributed by atoms with van der Waals surface area (Å²) in [5, 5.41) is 5.51. The van der Waals surface area contributed by atoms with Crippen LogP contribution in [0.1, 0.15) is 0 Å². The number of fused-ring (bicyclic) bond motifs is 8. The molecule has 6 aromatic carbocycles. The SMILES string of the molecule is c1ccc([Si](c2ccccc2)(c2ccccc2)c2ccc3c(c2)-c2ccccc2B2Oc4ccccc4N23)cc1. The molecule has 0 amide bonds. The van der Waals surface area contributed by atoms with Crippen molar-refractivity contribution in [3.63, 3.8) is 0 Å². The van der Waals surface area contributed by atoms with E-state index in [-0.39, 0.29) is 7.05 Å². The van der Waals surface area contributed by atoms with Crippen LogP contribution in [0.2, 0.25) is 0 Å². The van der Waals surface area contributed by atoms with E-state index in [4.69, 9.17) is 4.65 Å². The van der Waals surface area contributed by atoms with E-state index in [0.717, 1.165) is 11.4 Å². The van der Waals surface area contributed by atoms with Gasteiger partial charge in [-0.2, -0.15) is 0 Å². The molecule has 0 spiro atoms. The fraction of sp³-hybridized carbons (Fsp3) is 0. The van der Waals surface area contributed by atoms with Gasteiger partial charge in [0.2, 0.25) is 0 Å². The van der Waals surface area contributed by atoms with Crippen LogP contribution in [0.15, 0.2) is 158 Å². The zero-order valence-corrected chi connectivity index (χ0v) is 22.9. The average molecular weight is 528 g/mol. The molecule has 0 saturated heterocycles. The van der Waals surface area contributed by atoms with Crippen molar-refractivity contribution in [2.75, 3.05) is 4.81 Å². The van der Waals surface area contributed by atoms with Gasteiger partial charge in [0, 0.05) is 11.3 Å². The maximum Gasteiger partial charge on any atom is 0.524 e. The Morgan fingerprint density at radius 3 is 1.65 bits per heavy atom. The first kappa shape index (κ1) is 23.1. The fourth-order valence-corrected chi connectivity index (χ4v) is 11.5. The summed E-state index contributed by atoms with van der Waals surface area (Å²) < 4.78 is 6.53. The van der Waals surface area contributed by atoms with Crippen molar-refractivity contribution < 1.29 is 4.65 Å². The Labute approximate surface area is 236 Å². The monoisotopic (exact) mass is 527 g/mol. The quantitative estimate of drug-likeness (QED) is 0.237. The van der Waals surface area contributed by atoms with Crippen LogP contribution in [0.5, 0.6) is 5.75 Å². The maximum absolute atomic E-state index is 6.53. The van der Waals surface area contributed by atoms with Crippen molar-refractivity contribution in [2.45, 2.75) is 0 Å². The lowest BCUT2D eigenvalue weighted by Gasteiger charge is -2.37. The van der Waals surface area contributed by atoms with Gasteiger partial charge >= 0.3 is 7.05 Å². The minimum atomic E-state index is -2.64. The molecule has 8 rings (SSSR count). The molecular formula is C36H26BNOSi. The van der Waals surface area contributed by atoms with Gasteiger partial charge < -0.3 is 9.47 Å². The van der Waals surface area contributed by atoms with E-state index in [1.807, 2.05) is 6.07 Å². The standard InChI is InChI=1S/C36H26BNOSi/c1-4-14-27(15-5-1)40(28-16-6-2-7-17-28,29-18-8-3-9-19-29)30-24-25-34-32(26-30)31-20-10-11-21-33(31)37-38(34)35-22-12-13-23-36(35)39-37/h1-26H. The molecule has 0 fully saturated rings. The zero-order chi connectivity index (χ0) is 26.5. The number of rotatable bonds is 4. The average Bonchev–Trinajstić information content (AvgIpc) is 3.43. The predicted octanol–water partition coefficient (Wildman–Crippen LogP) is 4.97. The second-order valence-electron chi connectivity index (χ2n) is 10.5. The molecule has 4 heteroatoms. The molecular weight excluding hydrogens is 501 g/mol. The minimum Gasteiger partial charge on any atom is -0.536 e. The number of benzene rings is 6. The summed E-state index contributed by atoms with van der Waals surface area (Å²) in [6.45, 7) is 0. The molecule has 2 heterocycles. The van der Waals surface area contributed by atoms with Crippen LogP contribution < -0.4 is 35.7 Å². The van der Waals surface area contributed by atoms with Crippen molar-refractivity contribution in [3.05, 3.63) is 158 Å². The van der Waals surface area contributed by atoms with Crippen LogP contribution in [0.4, 0.5) is 11.4 Å². The predicted molar refractivity (Wildman–Crippen MR) is 170 cm³/mol. The van der Waals surface area contributed by atoms with Crippen LogP contribution >= 0.6 is 0 Å². The summed E-state index contributed by atoms with van der Waals surface area (Å²) in [5.41, 5.74) is 6.01. The van der Waals surface area contributed by atoms with Gasteiger partial charge in [-0.1, -0.05) is 140 Å². The molecule has 0 atom stereocenters. The third-order valence-electron chi connectivity index (χ3n) is 8.42. The highest BCUT2D eigenvalue weighted by Crippen LogP contribution is 2.46. The smallest absolute Gasteiger partial charge is 0.524 e. The van der Waals surface area contributed by atoms with Gasteiger partial charge in [0.25, 0.3) is 0 Å². The first-order valence-electron chi connectivity index (χ1n) is 13.8. The van der Waals surface area contributed by atoms with E-state index in [9.17, 15) is 0 Å². The second kappa shape index (κ2) is 9.15. The van der Waals surface area contributed by atoms with Gasteiger partial charge in [0.1, 0.15) is 5.75 Å². The first-order valence-corrected chi connectivity index (χ1v) is 15.8. The Balaban J connectivity index is 1.45. The van der Waals surface area contributed by atoms with Gasteiger partial charge in [-0.3, -0.25) is 0 Å². The van der Waals surface area contributed by atoms with Crippen LogP contribution in [-0.4, -0.2) is 15.1 Å². The zero-order valence-electron chi connectivity index (χ0n) is 21.9. The highest BCUT2D eigenvalue weighted by atomic mass is 28.3. The van der Waals surface area contributed by atoms with E-state index >= 15 is 0 Å². The van der Waals surface area contributed by atoms with Crippen molar-refractivity contribution in [1.29, 1.82) is 0 Å². The van der Waals surface area contributed by atoms with Gasteiger partial charge in [0.05, 0.1) is 5.69 Å². The third-order valence-corrected chi connectivity index (χ3v) is 13.2. The number of hydrogen-bond acceptors (Lipinski definition) is 2. The Hall–Kier alpha value is -4.80. The minimum absolute atomic E-state index is 0.161. The Morgan fingerprint density at radius 1 is 0.450 bits per heavy atom. The van der Waals surface area contributed by atoms with Gasteiger partial charge in [-0.25, -0.2) is 0 Å². The molecule has 2 aliphatic rings. The normalized spacial score (nSPS) is 13.1. The molecule has 0 bridgehead atoms. The molecule has 0 aromatic heterocycles. The first-order chi connectivity index (χ1) is 19.9. The number of nitrogens with zero attached hydrogens (tertiary/aromatic N) is 1. The Kier molecular flexibility index (Phi) is 5.29. The Bertz CT molecular complexity index is 1750. The lowest BCUT2D eigenvalue weighted by molar-refractivity contribution is 0.603. The third kappa shape index (κ3) is 3.30. The number of para-hydroxylation sites is 2. The van der Waals surface area contributed by atoms with Crippen molar-refractivity contribution in [1.82, 2.24) is 0 Å². The lowest BCUT2D eigenvalue weighted by atomic mass is 9.65. The maximum atomic E-state index is 6.53. The molecule has 40 heavy (non-hydrogen) atoms. The van der Waals surface area contributed by atoms with Crippen LogP contribution in [0, 0.1) is 0 Å². The molecule has 6 aromatic rings. The second-order valence-corrected chi connectivity index (χ2v) is 14.3. The van der Waals surface area contributed by atoms with E-state index in [1.54, 1.807) is 0 Å². The lowest BCUT2D eigenvalue weighted by Crippen LogP contribution is -2.74. The fourth-order valence-electron chi connectivity index (χ4n) is 6.73. The summed E-state index contributed by atoms with van der Waals surface area (Å²) in [6.07, 6.45) is 0. The molecule has 0 aliphatic carbocycles. The van der Waals surface area contributed by atoms with Gasteiger partial charge in [-0.15, -0.1) is 0 Å². The van der Waals surface area contributed by atoms with Crippen LogP contribution in [0.3, 0.4) is 0 Å². The van der Waals surface area contributed by atoms with Crippen LogP contribution in [0.25, 0.3) is 11.1 Å². The highest BCUT2D eigenvalue weighted by molar-refractivity contribution is 7.20. The molecule has 2 aliphatic heterocycles. The summed E-state index contributed by atoms with van der Waals surface area (Å²) in [4.78, 5) is 2.37. The number of hydrogen-bond donors (Lipinski definition) is 0. The van der Waals surface area contributed by atoms with E-state index in [1.165, 1.54) is 43.0 Å². The molecule has 0 N–H and O–H groups in total. The van der Waals surface area contributed by atoms with E-state index in [0.29, 0.717) is 0 Å². The summed E-state index contributed by atoms with van der Waals surface area (Å²) in [5.74, 6) is 0.931. The van der Waals surface area contributed by atoms with E-state index < -0.39 is 8.07 Å². The van der Waals surface area contributed by atoms with E-state index in [2.05, 4.69) is 156 Å². The summed E-state index contributed by atoms with van der Waals surface area (Å²) >= 11 is 0. The van der Waals surface area contributed by atoms with Crippen molar-refractivity contribution in [3.8, 4) is 16.9 Å². The molecule has 188 valence electrons. The largest absolute Gasteiger partial charge is 0.536 e. The Morgan fingerprint density at radius 2 is 1.00 bits per heavy atom. The van der Waals surface area contributed by atoms with Crippen molar-refractivity contribution in [2.24, 2.45) is 0 Å². The molecule has 0 saturated carbocycles. The van der Waals surface area contributed by atoms with Crippen LogP contribution in [-0.2, 0) is 0 Å².